The third kappa shape index (κ3) is 3.70. The van der Waals surface area contributed by atoms with Gasteiger partial charge in [0.05, 0.1) is 13.2 Å². The van der Waals surface area contributed by atoms with Gasteiger partial charge < -0.3 is 10.5 Å². The summed E-state index contributed by atoms with van der Waals surface area (Å²) in [6, 6.07) is 18.4. The molecule has 0 unspecified atom stereocenters. The molecule has 2 aromatic rings. The van der Waals surface area contributed by atoms with E-state index >= 15 is 0 Å². The maximum Gasteiger partial charge on any atom is 0.0721 e. The lowest BCUT2D eigenvalue weighted by Gasteiger charge is -2.06. The fourth-order valence-electron chi connectivity index (χ4n) is 1.71. The minimum absolute atomic E-state index is 0.576. The third-order valence-electron chi connectivity index (χ3n) is 2.61. The molecule has 0 saturated carbocycles. The predicted molar refractivity (Wildman–Crippen MR) is 69.3 cm³/mol. The van der Waals surface area contributed by atoms with E-state index in [-0.39, 0.29) is 0 Å². The Labute approximate surface area is 102 Å². The Hall–Kier alpha value is -1.64. The first-order chi connectivity index (χ1) is 8.38. The van der Waals surface area contributed by atoms with Gasteiger partial charge in [0.15, 0.2) is 0 Å². The predicted octanol–water partition coefficient (Wildman–Crippen LogP) is 2.86. The molecular weight excluding hydrogens is 210 g/mol. The van der Waals surface area contributed by atoms with E-state index in [9.17, 15) is 0 Å². The van der Waals surface area contributed by atoms with E-state index in [1.807, 2.05) is 30.3 Å². The van der Waals surface area contributed by atoms with Gasteiger partial charge in [-0.25, -0.2) is 0 Å². The van der Waals surface area contributed by atoms with E-state index in [2.05, 4.69) is 24.3 Å². The van der Waals surface area contributed by atoms with Gasteiger partial charge in [0.1, 0.15) is 0 Å². The molecule has 0 aliphatic carbocycles. The molecule has 0 bridgehead atoms. The van der Waals surface area contributed by atoms with E-state index in [0.29, 0.717) is 19.8 Å². The topological polar surface area (TPSA) is 35.2 Å². The summed E-state index contributed by atoms with van der Waals surface area (Å²) in [5.74, 6) is 0. The summed E-state index contributed by atoms with van der Waals surface area (Å²) in [4.78, 5) is 0. The summed E-state index contributed by atoms with van der Waals surface area (Å²) < 4.78 is 5.66. The molecule has 2 heteroatoms. The Balaban J connectivity index is 1.86. The first kappa shape index (κ1) is 11.8. The molecule has 17 heavy (non-hydrogen) atoms. The maximum absolute atomic E-state index is 5.66. The van der Waals surface area contributed by atoms with Crippen LogP contribution in [0.4, 0.5) is 0 Å². The SMILES string of the molecule is NCc1cccc(COCc2ccccc2)c1. The standard InChI is InChI=1S/C15H17NO/c16-10-14-7-4-8-15(9-14)12-17-11-13-5-2-1-3-6-13/h1-9H,10-12,16H2. The second kappa shape index (κ2) is 6.18. The Bertz CT molecular complexity index is 453. The molecule has 88 valence electrons. The minimum atomic E-state index is 0.576. The fraction of sp³-hybridized carbons (Fsp3) is 0.200. The number of ether oxygens (including phenoxy) is 1. The average molecular weight is 227 g/mol. The van der Waals surface area contributed by atoms with Gasteiger partial charge >= 0.3 is 0 Å². The molecule has 0 aromatic heterocycles. The highest BCUT2D eigenvalue weighted by Crippen LogP contribution is 2.08. The first-order valence-electron chi connectivity index (χ1n) is 5.78. The van der Waals surface area contributed by atoms with Crippen LogP contribution in [0, 0.1) is 0 Å². The van der Waals surface area contributed by atoms with Crippen molar-refractivity contribution in [2.45, 2.75) is 19.8 Å². The molecule has 0 radical (unpaired) electrons. The summed E-state index contributed by atoms with van der Waals surface area (Å²) in [6.45, 7) is 1.85. The molecular formula is C15H17NO. The van der Waals surface area contributed by atoms with Gasteiger partial charge in [0.25, 0.3) is 0 Å². The molecule has 0 amide bonds. The molecule has 0 saturated heterocycles. The van der Waals surface area contributed by atoms with Crippen molar-refractivity contribution < 1.29 is 4.74 Å². The first-order valence-corrected chi connectivity index (χ1v) is 5.78. The van der Waals surface area contributed by atoms with Gasteiger partial charge in [-0.15, -0.1) is 0 Å². The largest absolute Gasteiger partial charge is 0.372 e. The van der Waals surface area contributed by atoms with Crippen molar-refractivity contribution >= 4 is 0 Å². The molecule has 0 atom stereocenters. The van der Waals surface area contributed by atoms with Gasteiger partial charge in [0, 0.05) is 6.54 Å². The van der Waals surface area contributed by atoms with Crippen molar-refractivity contribution in [3.05, 3.63) is 71.3 Å². The van der Waals surface area contributed by atoms with E-state index in [4.69, 9.17) is 10.5 Å². The Morgan fingerprint density at radius 2 is 1.41 bits per heavy atom. The summed E-state index contributed by atoms with van der Waals surface area (Å²) in [7, 11) is 0. The highest BCUT2D eigenvalue weighted by atomic mass is 16.5. The zero-order valence-electron chi connectivity index (χ0n) is 9.80. The molecule has 0 aliphatic rings. The summed E-state index contributed by atoms with van der Waals surface area (Å²) in [5.41, 5.74) is 9.11. The monoisotopic (exact) mass is 227 g/mol. The summed E-state index contributed by atoms with van der Waals surface area (Å²) in [5, 5.41) is 0. The van der Waals surface area contributed by atoms with Gasteiger partial charge in [-0.3, -0.25) is 0 Å². The Morgan fingerprint density at radius 3 is 2.18 bits per heavy atom. The number of rotatable bonds is 5. The van der Waals surface area contributed by atoms with Crippen LogP contribution in [0.3, 0.4) is 0 Å². The zero-order valence-corrected chi connectivity index (χ0v) is 9.80. The lowest BCUT2D eigenvalue weighted by atomic mass is 10.1. The van der Waals surface area contributed by atoms with Crippen LogP contribution >= 0.6 is 0 Å². The van der Waals surface area contributed by atoms with Crippen LogP contribution in [0.15, 0.2) is 54.6 Å². The summed E-state index contributed by atoms with van der Waals surface area (Å²) >= 11 is 0. The van der Waals surface area contributed by atoms with E-state index in [1.165, 1.54) is 11.1 Å². The fourth-order valence-corrected chi connectivity index (χ4v) is 1.71. The van der Waals surface area contributed by atoms with Crippen molar-refractivity contribution in [3.63, 3.8) is 0 Å². The lowest BCUT2D eigenvalue weighted by Crippen LogP contribution is -1.98. The lowest BCUT2D eigenvalue weighted by molar-refractivity contribution is 0.107. The van der Waals surface area contributed by atoms with Crippen LogP contribution in [0.5, 0.6) is 0 Å². The third-order valence-corrected chi connectivity index (χ3v) is 2.61. The van der Waals surface area contributed by atoms with Crippen LogP contribution in [0.1, 0.15) is 16.7 Å². The summed E-state index contributed by atoms with van der Waals surface area (Å²) in [6.07, 6.45) is 0. The van der Waals surface area contributed by atoms with Crippen LogP contribution in [-0.2, 0) is 24.5 Å². The molecule has 0 spiro atoms. The number of hydrogen-bond acceptors (Lipinski definition) is 2. The van der Waals surface area contributed by atoms with Crippen LogP contribution in [0.2, 0.25) is 0 Å². The molecule has 0 fully saturated rings. The highest BCUT2D eigenvalue weighted by Gasteiger charge is 1.96. The average Bonchev–Trinajstić information content (AvgIpc) is 2.40. The van der Waals surface area contributed by atoms with E-state index in [1.54, 1.807) is 0 Å². The molecule has 0 heterocycles. The Morgan fingerprint density at radius 1 is 0.765 bits per heavy atom. The number of nitrogens with two attached hydrogens (primary N) is 1. The van der Waals surface area contributed by atoms with Gasteiger partial charge in [-0.2, -0.15) is 0 Å². The second-order valence-corrected chi connectivity index (χ2v) is 4.00. The maximum atomic E-state index is 5.66. The van der Waals surface area contributed by atoms with Gasteiger partial charge in [-0.1, -0.05) is 54.6 Å². The Kier molecular flexibility index (Phi) is 4.30. The van der Waals surface area contributed by atoms with Crippen molar-refractivity contribution in [2.24, 2.45) is 5.73 Å². The van der Waals surface area contributed by atoms with Crippen molar-refractivity contribution in [1.29, 1.82) is 0 Å². The molecule has 0 aliphatic heterocycles. The smallest absolute Gasteiger partial charge is 0.0721 e. The van der Waals surface area contributed by atoms with Crippen LogP contribution in [-0.4, -0.2) is 0 Å². The number of hydrogen-bond donors (Lipinski definition) is 1. The van der Waals surface area contributed by atoms with Crippen molar-refractivity contribution in [2.75, 3.05) is 0 Å². The molecule has 2 aromatic carbocycles. The van der Waals surface area contributed by atoms with E-state index in [0.717, 1.165) is 5.56 Å². The van der Waals surface area contributed by atoms with Crippen LogP contribution in [0.25, 0.3) is 0 Å². The number of benzene rings is 2. The molecule has 2 nitrogen and oxygen atoms in total. The molecule has 2 rings (SSSR count). The highest BCUT2D eigenvalue weighted by molar-refractivity contribution is 5.22. The normalized spacial score (nSPS) is 10.4. The van der Waals surface area contributed by atoms with Gasteiger partial charge in [0.2, 0.25) is 0 Å². The molecule has 2 N–H and O–H groups in total. The second-order valence-electron chi connectivity index (χ2n) is 4.00. The van der Waals surface area contributed by atoms with Crippen molar-refractivity contribution in [1.82, 2.24) is 0 Å². The zero-order chi connectivity index (χ0) is 11.9. The minimum Gasteiger partial charge on any atom is -0.372 e. The van der Waals surface area contributed by atoms with Crippen molar-refractivity contribution in [3.8, 4) is 0 Å². The van der Waals surface area contributed by atoms with Gasteiger partial charge in [-0.05, 0) is 16.7 Å². The van der Waals surface area contributed by atoms with Crippen LogP contribution < -0.4 is 5.73 Å². The van der Waals surface area contributed by atoms with E-state index < -0.39 is 0 Å². The quantitative estimate of drug-likeness (QED) is 0.852.